The fourth-order valence-electron chi connectivity index (χ4n) is 8.86. The minimum absolute atomic E-state index is 0.554. The maximum atomic E-state index is 6.79. The Labute approximate surface area is 332 Å². The van der Waals surface area contributed by atoms with Gasteiger partial charge in [-0.2, -0.15) is 0 Å². The van der Waals surface area contributed by atoms with Crippen LogP contribution in [0.4, 0.5) is 0 Å². The standard InChI is InChI=1S/C53H31N3O2/c1-4-18-32(19-5-1)43-35-24-10-12-26-37(35)49-45(39-28-14-16-30-41(39)57-49)47(43)52-54-51(34-22-8-3-9-23-34)55-53(56-52)48-44(33-20-6-2-7-21-33)36-25-11-13-27-38(36)50-46(48)40-29-15-17-31-42(40)58-50/h1-31H. The summed E-state index contributed by atoms with van der Waals surface area (Å²) in [5, 5.41) is 8.09. The first-order valence-corrected chi connectivity index (χ1v) is 19.4. The largest absolute Gasteiger partial charge is 0.455 e. The predicted molar refractivity (Wildman–Crippen MR) is 237 cm³/mol. The SMILES string of the molecule is c1ccc(-c2nc(-c3c(-c4ccccc4)c4ccccc4c4oc5ccccc5c34)nc(-c3c(-c4ccccc4)c4ccccc4c4oc5ccccc5c34)n2)cc1. The highest BCUT2D eigenvalue weighted by Gasteiger charge is 2.28. The van der Waals surface area contributed by atoms with Crippen LogP contribution in [0.5, 0.6) is 0 Å². The van der Waals surface area contributed by atoms with Crippen molar-refractivity contribution >= 4 is 65.4 Å². The molecule has 5 heteroatoms. The van der Waals surface area contributed by atoms with E-state index in [9.17, 15) is 0 Å². The van der Waals surface area contributed by atoms with Gasteiger partial charge in [0.2, 0.25) is 0 Å². The van der Waals surface area contributed by atoms with Gasteiger partial charge in [0.25, 0.3) is 0 Å². The van der Waals surface area contributed by atoms with Crippen LogP contribution in [-0.2, 0) is 0 Å². The lowest BCUT2D eigenvalue weighted by atomic mass is 9.88. The van der Waals surface area contributed by atoms with Crippen molar-refractivity contribution in [3.05, 3.63) is 188 Å². The first-order chi connectivity index (χ1) is 28.8. The van der Waals surface area contributed by atoms with E-state index in [1.165, 1.54) is 0 Å². The van der Waals surface area contributed by atoms with E-state index >= 15 is 0 Å². The summed E-state index contributed by atoms with van der Waals surface area (Å²) in [4.78, 5) is 16.5. The lowest BCUT2D eigenvalue weighted by Crippen LogP contribution is -2.03. The molecule has 0 fully saturated rings. The molecule has 12 aromatic rings. The minimum atomic E-state index is 0.554. The number of hydrogen-bond acceptors (Lipinski definition) is 5. The van der Waals surface area contributed by atoms with Crippen LogP contribution >= 0.6 is 0 Å². The van der Waals surface area contributed by atoms with Crippen LogP contribution in [0.1, 0.15) is 0 Å². The summed E-state index contributed by atoms with van der Waals surface area (Å²) < 4.78 is 13.6. The summed E-state index contributed by atoms with van der Waals surface area (Å²) in [6.45, 7) is 0. The van der Waals surface area contributed by atoms with Gasteiger partial charge in [-0.15, -0.1) is 0 Å². The molecule has 3 aromatic heterocycles. The van der Waals surface area contributed by atoms with Gasteiger partial charge in [0.1, 0.15) is 22.3 Å². The van der Waals surface area contributed by atoms with E-state index in [-0.39, 0.29) is 0 Å². The number of aromatic nitrogens is 3. The van der Waals surface area contributed by atoms with Gasteiger partial charge in [-0.05, 0) is 34.0 Å². The van der Waals surface area contributed by atoms with E-state index in [1.54, 1.807) is 0 Å². The van der Waals surface area contributed by atoms with Crippen LogP contribution in [0.15, 0.2) is 197 Å². The Balaban J connectivity index is 1.31. The summed E-state index contributed by atoms with van der Waals surface area (Å²) in [5.74, 6) is 1.68. The Hall–Kier alpha value is -7.89. The first-order valence-electron chi connectivity index (χ1n) is 19.4. The van der Waals surface area contributed by atoms with Crippen molar-refractivity contribution in [2.75, 3.05) is 0 Å². The molecule has 0 saturated carbocycles. The Kier molecular flexibility index (Phi) is 7.16. The molecule has 0 bridgehead atoms. The van der Waals surface area contributed by atoms with E-state index < -0.39 is 0 Å². The molecule has 0 radical (unpaired) electrons. The van der Waals surface area contributed by atoms with E-state index in [2.05, 4.69) is 146 Å². The molecule has 0 N–H and O–H groups in total. The Morgan fingerprint density at radius 2 is 0.586 bits per heavy atom. The van der Waals surface area contributed by atoms with E-state index in [4.69, 9.17) is 23.8 Å². The summed E-state index contributed by atoms with van der Waals surface area (Å²) in [7, 11) is 0. The maximum Gasteiger partial charge on any atom is 0.165 e. The fourth-order valence-corrected chi connectivity index (χ4v) is 8.86. The number of rotatable bonds is 5. The zero-order chi connectivity index (χ0) is 38.2. The molecule has 0 aliphatic rings. The van der Waals surface area contributed by atoms with Gasteiger partial charge in [0.15, 0.2) is 17.5 Å². The third-order valence-corrected chi connectivity index (χ3v) is 11.3. The van der Waals surface area contributed by atoms with Crippen LogP contribution in [-0.4, -0.2) is 15.0 Å². The van der Waals surface area contributed by atoms with Gasteiger partial charge in [-0.25, -0.2) is 15.0 Å². The highest BCUT2D eigenvalue weighted by atomic mass is 16.3. The molecule has 0 atom stereocenters. The highest BCUT2D eigenvalue weighted by molar-refractivity contribution is 6.28. The number of para-hydroxylation sites is 2. The third kappa shape index (κ3) is 4.87. The van der Waals surface area contributed by atoms with Crippen LogP contribution in [0.25, 0.3) is 122 Å². The van der Waals surface area contributed by atoms with Crippen molar-refractivity contribution in [2.24, 2.45) is 0 Å². The molecule has 0 aliphatic carbocycles. The van der Waals surface area contributed by atoms with Crippen LogP contribution in [0, 0.1) is 0 Å². The quantitative estimate of drug-likeness (QED) is 0.176. The molecule has 0 unspecified atom stereocenters. The smallest absolute Gasteiger partial charge is 0.165 e. The topological polar surface area (TPSA) is 65.0 Å². The van der Waals surface area contributed by atoms with Crippen molar-refractivity contribution in [2.45, 2.75) is 0 Å². The molecule has 12 rings (SSSR count). The lowest BCUT2D eigenvalue weighted by molar-refractivity contribution is 0.672. The molecule has 0 spiro atoms. The average Bonchev–Trinajstić information content (AvgIpc) is 3.89. The Morgan fingerprint density at radius 3 is 1.02 bits per heavy atom. The average molecular weight is 742 g/mol. The number of furan rings is 2. The van der Waals surface area contributed by atoms with Crippen molar-refractivity contribution in [3.63, 3.8) is 0 Å². The molecular weight excluding hydrogens is 711 g/mol. The van der Waals surface area contributed by atoms with Crippen LogP contribution < -0.4 is 0 Å². The van der Waals surface area contributed by atoms with E-state index in [0.29, 0.717) is 17.5 Å². The fraction of sp³-hybridized carbons (Fsp3) is 0. The van der Waals surface area contributed by atoms with E-state index in [0.717, 1.165) is 104 Å². The molecule has 270 valence electrons. The second kappa shape index (κ2) is 12.8. The summed E-state index contributed by atoms with van der Waals surface area (Å²) in [6, 6.07) is 64.7. The van der Waals surface area contributed by atoms with Crippen molar-refractivity contribution < 1.29 is 8.83 Å². The highest BCUT2D eigenvalue weighted by Crippen LogP contribution is 2.50. The Morgan fingerprint density at radius 1 is 0.259 bits per heavy atom. The maximum absolute atomic E-state index is 6.79. The zero-order valence-corrected chi connectivity index (χ0v) is 31.1. The number of nitrogens with zero attached hydrogens (tertiary/aromatic N) is 3. The minimum Gasteiger partial charge on any atom is -0.455 e. The van der Waals surface area contributed by atoms with E-state index in [1.807, 2.05) is 42.5 Å². The monoisotopic (exact) mass is 741 g/mol. The summed E-state index contributed by atoms with van der Waals surface area (Å²) in [5.41, 5.74) is 10.1. The molecule has 0 aliphatic heterocycles. The molecule has 0 saturated heterocycles. The molecule has 9 aromatic carbocycles. The van der Waals surface area contributed by atoms with Crippen LogP contribution in [0.3, 0.4) is 0 Å². The molecular formula is C53H31N3O2. The first kappa shape index (κ1) is 32.4. The van der Waals surface area contributed by atoms with Crippen molar-refractivity contribution in [1.82, 2.24) is 15.0 Å². The molecule has 58 heavy (non-hydrogen) atoms. The van der Waals surface area contributed by atoms with Gasteiger partial charge < -0.3 is 8.83 Å². The van der Waals surface area contributed by atoms with Gasteiger partial charge in [0.05, 0.1) is 0 Å². The number of hydrogen-bond donors (Lipinski definition) is 0. The van der Waals surface area contributed by atoms with Gasteiger partial charge in [-0.1, -0.05) is 176 Å². The zero-order valence-electron chi connectivity index (χ0n) is 31.1. The number of fused-ring (bicyclic) bond motifs is 10. The Bertz CT molecular complexity index is 3340. The van der Waals surface area contributed by atoms with Crippen molar-refractivity contribution in [1.29, 1.82) is 0 Å². The van der Waals surface area contributed by atoms with Gasteiger partial charge >= 0.3 is 0 Å². The summed E-state index contributed by atoms with van der Waals surface area (Å²) >= 11 is 0. The number of benzene rings is 9. The van der Waals surface area contributed by atoms with Crippen molar-refractivity contribution in [3.8, 4) is 56.4 Å². The normalized spacial score (nSPS) is 11.8. The molecule has 3 heterocycles. The van der Waals surface area contributed by atoms with Gasteiger partial charge in [-0.3, -0.25) is 0 Å². The predicted octanol–water partition coefficient (Wildman–Crippen LogP) is 14.3. The lowest BCUT2D eigenvalue weighted by Gasteiger charge is -2.18. The third-order valence-electron chi connectivity index (χ3n) is 11.3. The summed E-state index contributed by atoms with van der Waals surface area (Å²) in [6.07, 6.45) is 0. The molecule has 5 nitrogen and oxygen atoms in total. The van der Waals surface area contributed by atoms with Crippen LogP contribution in [0.2, 0.25) is 0 Å². The molecule has 0 amide bonds. The second-order valence-corrected chi connectivity index (χ2v) is 14.6. The second-order valence-electron chi connectivity index (χ2n) is 14.6. The van der Waals surface area contributed by atoms with Gasteiger partial charge in [0, 0.05) is 60.1 Å².